The monoisotopic (exact) mass is 451 g/mol. The third-order valence-corrected chi connectivity index (χ3v) is 4.69. The molecule has 0 fully saturated rings. The van der Waals surface area contributed by atoms with Crippen molar-refractivity contribution in [2.75, 3.05) is 13.7 Å². The average molecular weight is 451 g/mol. The Bertz CT molecular complexity index is 1150. The lowest BCUT2D eigenvalue weighted by molar-refractivity contribution is -0.129. The standard InChI is InChI=1S/C24H25N3O6/c1-17(23(29)25-16-18-8-6-7-11-21(18)31-2)33-24(30)20-12-13-22(28)27(26-20)14-15-32-19-9-4-3-5-10-19/h3-13,17H,14-16H2,1-2H3,(H,25,29). The van der Waals surface area contributed by atoms with Gasteiger partial charge in [0.1, 0.15) is 18.1 Å². The third-order valence-electron chi connectivity index (χ3n) is 4.69. The Morgan fingerprint density at radius 3 is 2.52 bits per heavy atom. The van der Waals surface area contributed by atoms with E-state index in [0.29, 0.717) is 11.5 Å². The minimum atomic E-state index is -1.06. The summed E-state index contributed by atoms with van der Waals surface area (Å²) >= 11 is 0. The van der Waals surface area contributed by atoms with Crippen LogP contribution < -0.4 is 20.3 Å². The zero-order valence-corrected chi connectivity index (χ0v) is 18.4. The van der Waals surface area contributed by atoms with Gasteiger partial charge in [0, 0.05) is 18.2 Å². The van der Waals surface area contributed by atoms with Crippen LogP contribution >= 0.6 is 0 Å². The van der Waals surface area contributed by atoms with Gasteiger partial charge in [-0.25, -0.2) is 9.48 Å². The molecule has 0 saturated carbocycles. The van der Waals surface area contributed by atoms with Crippen LogP contribution in [-0.4, -0.2) is 41.5 Å². The number of nitrogens with zero attached hydrogens (tertiary/aromatic N) is 2. The number of hydrogen-bond donors (Lipinski definition) is 1. The molecule has 9 nitrogen and oxygen atoms in total. The first-order chi connectivity index (χ1) is 16.0. The van der Waals surface area contributed by atoms with Crippen molar-refractivity contribution in [1.82, 2.24) is 15.1 Å². The Morgan fingerprint density at radius 2 is 1.76 bits per heavy atom. The molecule has 3 rings (SSSR count). The number of esters is 1. The number of aromatic nitrogens is 2. The molecule has 1 heterocycles. The molecule has 9 heteroatoms. The number of ether oxygens (including phenoxy) is 3. The highest BCUT2D eigenvalue weighted by molar-refractivity contribution is 5.90. The van der Waals surface area contributed by atoms with Crippen molar-refractivity contribution in [2.24, 2.45) is 0 Å². The molecule has 2 aromatic carbocycles. The second-order valence-electron chi connectivity index (χ2n) is 7.02. The predicted molar refractivity (Wildman–Crippen MR) is 120 cm³/mol. The first kappa shape index (κ1) is 23.5. The van der Waals surface area contributed by atoms with Gasteiger partial charge in [0.25, 0.3) is 11.5 Å². The van der Waals surface area contributed by atoms with Gasteiger partial charge in [0.15, 0.2) is 11.8 Å². The van der Waals surface area contributed by atoms with Gasteiger partial charge in [-0.2, -0.15) is 5.10 Å². The van der Waals surface area contributed by atoms with Gasteiger partial charge in [-0.05, 0) is 31.2 Å². The van der Waals surface area contributed by atoms with Crippen molar-refractivity contribution >= 4 is 11.9 Å². The van der Waals surface area contributed by atoms with Crippen LogP contribution in [0.4, 0.5) is 0 Å². The minimum absolute atomic E-state index is 0.0845. The minimum Gasteiger partial charge on any atom is -0.496 e. The highest BCUT2D eigenvalue weighted by Crippen LogP contribution is 2.16. The number of amides is 1. The lowest BCUT2D eigenvalue weighted by Crippen LogP contribution is -2.36. The number of methoxy groups -OCH3 is 1. The van der Waals surface area contributed by atoms with E-state index in [0.717, 1.165) is 10.2 Å². The smallest absolute Gasteiger partial charge is 0.359 e. The van der Waals surface area contributed by atoms with Gasteiger partial charge in [-0.1, -0.05) is 36.4 Å². The Labute approximate surface area is 190 Å². The van der Waals surface area contributed by atoms with Gasteiger partial charge in [-0.15, -0.1) is 0 Å². The number of benzene rings is 2. The van der Waals surface area contributed by atoms with E-state index in [1.807, 2.05) is 36.4 Å². The normalized spacial score (nSPS) is 11.3. The van der Waals surface area contributed by atoms with Crippen molar-refractivity contribution in [3.8, 4) is 11.5 Å². The van der Waals surface area contributed by atoms with Crippen LogP contribution in [0.2, 0.25) is 0 Å². The van der Waals surface area contributed by atoms with E-state index in [1.165, 1.54) is 19.1 Å². The fourth-order valence-electron chi connectivity index (χ4n) is 2.93. The van der Waals surface area contributed by atoms with E-state index >= 15 is 0 Å². The average Bonchev–Trinajstić information content (AvgIpc) is 2.84. The Balaban J connectivity index is 1.54. The SMILES string of the molecule is COc1ccccc1CNC(=O)C(C)OC(=O)c1ccc(=O)n(CCOc2ccccc2)n1. The largest absolute Gasteiger partial charge is 0.496 e. The lowest BCUT2D eigenvalue weighted by Gasteiger charge is -2.15. The molecular formula is C24H25N3O6. The number of para-hydroxylation sites is 2. The van der Waals surface area contributed by atoms with E-state index in [9.17, 15) is 14.4 Å². The summed E-state index contributed by atoms with van der Waals surface area (Å²) in [6.45, 7) is 2.01. The Hall–Kier alpha value is -4.14. The first-order valence-electron chi connectivity index (χ1n) is 10.3. The van der Waals surface area contributed by atoms with Crippen molar-refractivity contribution in [3.63, 3.8) is 0 Å². The summed E-state index contributed by atoms with van der Waals surface area (Å²) in [5.74, 6) is 0.0192. The molecule has 33 heavy (non-hydrogen) atoms. The molecule has 1 aromatic heterocycles. The lowest BCUT2D eigenvalue weighted by atomic mass is 10.2. The van der Waals surface area contributed by atoms with Gasteiger partial charge < -0.3 is 19.5 Å². The molecule has 0 radical (unpaired) electrons. The third kappa shape index (κ3) is 6.67. The van der Waals surface area contributed by atoms with Gasteiger partial charge in [0.05, 0.1) is 13.7 Å². The topological polar surface area (TPSA) is 109 Å². The van der Waals surface area contributed by atoms with Crippen molar-refractivity contribution in [1.29, 1.82) is 0 Å². The van der Waals surface area contributed by atoms with Gasteiger partial charge >= 0.3 is 5.97 Å². The number of hydrogen-bond acceptors (Lipinski definition) is 7. The van der Waals surface area contributed by atoms with Crippen LogP contribution in [0.5, 0.6) is 11.5 Å². The summed E-state index contributed by atoms with van der Waals surface area (Å²) in [5, 5.41) is 6.74. The number of nitrogens with one attached hydrogen (secondary N) is 1. The summed E-state index contributed by atoms with van der Waals surface area (Å²) in [5.41, 5.74) is 0.322. The fraction of sp³-hybridized carbons (Fsp3) is 0.250. The Morgan fingerprint density at radius 1 is 1.03 bits per heavy atom. The van der Waals surface area contributed by atoms with Crippen LogP contribution in [0.1, 0.15) is 23.0 Å². The highest BCUT2D eigenvalue weighted by Gasteiger charge is 2.20. The van der Waals surface area contributed by atoms with E-state index in [-0.39, 0.29) is 30.9 Å². The van der Waals surface area contributed by atoms with Crippen LogP contribution in [0, 0.1) is 0 Å². The molecule has 1 amide bonds. The van der Waals surface area contributed by atoms with Crippen LogP contribution in [0.25, 0.3) is 0 Å². The number of carbonyl (C=O) groups is 2. The van der Waals surface area contributed by atoms with Gasteiger partial charge in [-0.3, -0.25) is 9.59 Å². The van der Waals surface area contributed by atoms with E-state index in [2.05, 4.69) is 10.4 Å². The molecule has 0 spiro atoms. The summed E-state index contributed by atoms with van der Waals surface area (Å²) in [6.07, 6.45) is -1.06. The van der Waals surface area contributed by atoms with Gasteiger partial charge in [0.2, 0.25) is 0 Å². The predicted octanol–water partition coefficient (Wildman–Crippen LogP) is 2.19. The summed E-state index contributed by atoms with van der Waals surface area (Å²) < 4.78 is 17.2. The molecule has 0 aliphatic carbocycles. The first-order valence-corrected chi connectivity index (χ1v) is 10.3. The molecule has 172 valence electrons. The maximum Gasteiger partial charge on any atom is 0.359 e. The quantitative estimate of drug-likeness (QED) is 0.471. The highest BCUT2D eigenvalue weighted by atomic mass is 16.5. The number of carbonyl (C=O) groups excluding carboxylic acids is 2. The van der Waals surface area contributed by atoms with E-state index < -0.39 is 18.0 Å². The molecule has 1 N–H and O–H groups in total. The molecule has 1 unspecified atom stereocenters. The fourth-order valence-corrected chi connectivity index (χ4v) is 2.93. The summed E-state index contributed by atoms with van der Waals surface area (Å²) in [6, 6.07) is 18.9. The van der Waals surface area contributed by atoms with Crippen molar-refractivity contribution in [3.05, 3.63) is 88.3 Å². The van der Waals surface area contributed by atoms with Crippen LogP contribution in [0.3, 0.4) is 0 Å². The number of rotatable bonds is 10. The zero-order valence-electron chi connectivity index (χ0n) is 18.4. The van der Waals surface area contributed by atoms with Crippen LogP contribution in [0.15, 0.2) is 71.5 Å². The Kier molecular flexibility index (Phi) is 8.18. The summed E-state index contributed by atoms with van der Waals surface area (Å²) in [7, 11) is 1.55. The second-order valence-corrected chi connectivity index (χ2v) is 7.02. The molecule has 1 atom stereocenters. The van der Waals surface area contributed by atoms with Crippen molar-refractivity contribution < 1.29 is 23.8 Å². The van der Waals surface area contributed by atoms with Crippen molar-refractivity contribution in [2.45, 2.75) is 26.1 Å². The van der Waals surface area contributed by atoms with E-state index in [4.69, 9.17) is 14.2 Å². The molecule has 3 aromatic rings. The maximum atomic E-state index is 12.5. The maximum absolute atomic E-state index is 12.5. The van der Waals surface area contributed by atoms with Crippen LogP contribution in [-0.2, 0) is 22.6 Å². The molecule has 0 saturated heterocycles. The van der Waals surface area contributed by atoms with E-state index in [1.54, 1.807) is 25.3 Å². The molecule has 0 aliphatic rings. The summed E-state index contributed by atoms with van der Waals surface area (Å²) in [4.78, 5) is 36.9. The molecule has 0 aliphatic heterocycles. The zero-order chi connectivity index (χ0) is 23.6. The second kappa shape index (κ2) is 11.5. The molecular weight excluding hydrogens is 426 g/mol. The molecule has 0 bridgehead atoms.